The number of unbranched alkanes of at least 4 members (excludes halogenated alkanes) is 1. The van der Waals surface area contributed by atoms with Crippen LogP contribution in [-0.2, 0) is 16.1 Å². The van der Waals surface area contributed by atoms with Gasteiger partial charge in [-0.3, -0.25) is 10.2 Å². The van der Waals surface area contributed by atoms with E-state index in [4.69, 9.17) is 5.84 Å². The smallest absolute Gasteiger partial charge is 0.326 e. The molecule has 2 rings (SSSR count). The Morgan fingerprint density at radius 2 is 1.82 bits per heavy atom. The largest absolute Gasteiger partial charge is 0.480 e. The van der Waals surface area contributed by atoms with Gasteiger partial charge in [0.25, 0.3) is 0 Å². The monoisotopic (exact) mass is 451 g/mol. The van der Waals surface area contributed by atoms with Crippen molar-refractivity contribution in [1.82, 2.24) is 10.3 Å². The predicted molar refractivity (Wildman–Crippen MR) is 132 cm³/mol. The van der Waals surface area contributed by atoms with Gasteiger partial charge in [0.1, 0.15) is 6.04 Å². The average Bonchev–Trinajstić information content (AvgIpc) is 2.80. The van der Waals surface area contributed by atoms with Crippen LogP contribution in [0.25, 0.3) is 11.1 Å². The summed E-state index contributed by atoms with van der Waals surface area (Å²) >= 11 is 0. The van der Waals surface area contributed by atoms with Crippen molar-refractivity contribution in [2.45, 2.75) is 52.6 Å². The van der Waals surface area contributed by atoms with Crippen LogP contribution in [0.2, 0.25) is 0 Å². The van der Waals surface area contributed by atoms with E-state index in [0.717, 1.165) is 35.1 Å². The number of amidine groups is 1. The van der Waals surface area contributed by atoms with E-state index in [2.05, 4.69) is 22.3 Å². The van der Waals surface area contributed by atoms with Gasteiger partial charge < -0.3 is 15.8 Å². The number of aliphatic carboxylic acids is 1. The van der Waals surface area contributed by atoms with Crippen LogP contribution in [0.5, 0.6) is 0 Å². The Labute approximate surface area is 195 Å². The Hall–Kier alpha value is -3.68. The summed E-state index contributed by atoms with van der Waals surface area (Å²) in [5.41, 5.74) is 6.13. The minimum Gasteiger partial charge on any atom is -0.480 e. The van der Waals surface area contributed by atoms with Crippen molar-refractivity contribution >= 4 is 24.4 Å². The summed E-state index contributed by atoms with van der Waals surface area (Å²) in [6.07, 6.45) is 1.94. The van der Waals surface area contributed by atoms with Gasteiger partial charge in [0.15, 0.2) is 5.84 Å². The lowest BCUT2D eigenvalue weighted by Gasteiger charge is -2.32. The van der Waals surface area contributed by atoms with Crippen LogP contribution in [-0.4, -0.2) is 40.5 Å². The summed E-state index contributed by atoms with van der Waals surface area (Å²) in [6, 6.07) is 14.4. The van der Waals surface area contributed by atoms with Gasteiger partial charge in [0.2, 0.25) is 5.91 Å². The molecule has 0 aliphatic heterocycles. The third kappa shape index (κ3) is 6.65. The summed E-state index contributed by atoms with van der Waals surface area (Å²) in [5, 5.41) is 17.2. The van der Waals surface area contributed by atoms with Gasteiger partial charge >= 0.3 is 5.97 Å². The third-order valence-electron chi connectivity index (χ3n) is 5.40. The second-order valence-electron chi connectivity index (χ2n) is 8.14. The number of nitrogens with zero attached hydrogens (tertiary/aromatic N) is 3. The predicted octanol–water partition coefficient (Wildman–Crippen LogP) is 3.81. The number of carbonyl (C=O) groups is 2. The van der Waals surface area contributed by atoms with Crippen LogP contribution in [0.1, 0.15) is 51.2 Å². The van der Waals surface area contributed by atoms with E-state index in [1.165, 1.54) is 4.90 Å². The highest BCUT2D eigenvalue weighted by Crippen LogP contribution is 2.25. The minimum atomic E-state index is -0.989. The highest BCUT2D eigenvalue weighted by Gasteiger charge is 2.32. The number of hydrazone groups is 2. The number of nitrogens with one attached hydrogen (secondary N) is 1. The SMILES string of the molecule is C=NN/C(=N\N)c1ccccc1-c1ccc(CN(C(=O)CCCC)[C@H](C(=O)O)C(C)C)cc1. The van der Waals surface area contributed by atoms with Gasteiger partial charge in [0, 0.05) is 25.2 Å². The van der Waals surface area contributed by atoms with E-state index < -0.39 is 12.0 Å². The lowest BCUT2D eigenvalue weighted by molar-refractivity contribution is -0.153. The number of hydrogen-bond acceptors (Lipinski definition) is 5. The fraction of sp³-hybridized carbons (Fsp3) is 0.360. The van der Waals surface area contributed by atoms with E-state index in [-0.39, 0.29) is 18.4 Å². The van der Waals surface area contributed by atoms with Gasteiger partial charge in [-0.05, 0) is 29.0 Å². The van der Waals surface area contributed by atoms with Gasteiger partial charge in [-0.1, -0.05) is 75.7 Å². The number of nitrogens with two attached hydrogens (primary N) is 1. The maximum absolute atomic E-state index is 12.9. The molecule has 0 aliphatic carbocycles. The number of benzene rings is 2. The number of amides is 1. The molecule has 0 spiro atoms. The first-order valence-corrected chi connectivity index (χ1v) is 11.0. The van der Waals surface area contributed by atoms with Crippen LogP contribution >= 0.6 is 0 Å². The first-order valence-electron chi connectivity index (χ1n) is 11.0. The molecule has 0 radical (unpaired) electrons. The van der Waals surface area contributed by atoms with E-state index in [1.54, 1.807) is 0 Å². The Morgan fingerprint density at radius 1 is 1.15 bits per heavy atom. The number of hydrogen-bond donors (Lipinski definition) is 3. The molecule has 0 bridgehead atoms. The molecule has 33 heavy (non-hydrogen) atoms. The molecule has 4 N–H and O–H groups in total. The quantitative estimate of drug-likeness (QED) is 0.208. The average molecular weight is 452 g/mol. The molecule has 0 aliphatic rings. The molecule has 0 unspecified atom stereocenters. The fourth-order valence-corrected chi connectivity index (χ4v) is 3.75. The molecular weight excluding hydrogens is 418 g/mol. The van der Waals surface area contributed by atoms with Gasteiger partial charge in [-0.2, -0.15) is 10.2 Å². The van der Waals surface area contributed by atoms with E-state index in [0.29, 0.717) is 12.3 Å². The van der Waals surface area contributed by atoms with Crippen molar-refractivity contribution in [3.05, 3.63) is 59.7 Å². The summed E-state index contributed by atoms with van der Waals surface area (Å²) in [4.78, 5) is 26.3. The highest BCUT2D eigenvalue weighted by molar-refractivity contribution is 6.04. The zero-order valence-corrected chi connectivity index (χ0v) is 19.5. The molecule has 0 saturated heterocycles. The lowest BCUT2D eigenvalue weighted by atomic mass is 9.97. The van der Waals surface area contributed by atoms with Gasteiger partial charge in [-0.15, -0.1) is 0 Å². The van der Waals surface area contributed by atoms with Crippen molar-refractivity contribution in [3.63, 3.8) is 0 Å². The zero-order chi connectivity index (χ0) is 24.4. The zero-order valence-electron chi connectivity index (χ0n) is 19.5. The van der Waals surface area contributed by atoms with Crippen molar-refractivity contribution in [3.8, 4) is 11.1 Å². The van der Waals surface area contributed by atoms with Crippen LogP contribution in [0.3, 0.4) is 0 Å². The Balaban J connectivity index is 2.36. The Kier molecular flexibility index (Phi) is 9.60. The molecule has 0 aromatic heterocycles. The highest BCUT2D eigenvalue weighted by atomic mass is 16.4. The normalized spacial score (nSPS) is 12.3. The van der Waals surface area contributed by atoms with E-state index in [9.17, 15) is 14.7 Å². The molecule has 2 aromatic carbocycles. The number of rotatable bonds is 11. The topological polar surface area (TPSA) is 120 Å². The second-order valence-corrected chi connectivity index (χ2v) is 8.14. The van der Waals surface area contributed by atoms with Crippen LogP contribution < -0.4 is 11.3 Å². The molecule has 0 heterocycles. The van der Waals surface area contributed by atoms with Crippen molar-refractivity contribution in [2.24, 2.45) is 22.0 Å². The van der Waals surface area contributed by atoms with E-state index >= 15 is 0 Å². The van der Waals surface area contributed by atoms with Crippen LogP contribution in [0.15, 0.2) is 58.7 Å². The third-order valence-corrected chi connectivity index (χ3v) is 5.40. The standard InChI is InChI=1S/C25H33N5O3/c1-5-6-11-22(31)30(23(17(2)3)25(32)33)16-18-12-14-19(15-13-18)20-9-7-8-10-21(20)24(28-26)29-27-4/h7-10,12-15,17,23H,4-6,11,16,26H2,1-3H3,(H,28,29)(H,32,33)/t23-/m0/s1. The van der Waals surface area contributed by atoms with Crippen LogP contribution in [0, 0.1) is 5.92 Å². The molecule has 0 saturated carbocycles. The minimum absolute atomic E-state index is 0.140. The molecule has 8 nitrogen and oxygen atoms in total. The van der Waals surface area contributed by atoms with E-state index in [1.807, 2.05) is 69.3 Å². The maximum atomic E-state index is 12.9. The molecule has 176 valence electrons. The molecule has 1 atom stereocenters. The van der Waals surface area contributed by atoms with Crippen molar-refractivity contribution in [2.75, 3.05) is 0 Å². The summed E-state index contributed by atoms with van der Waals surface area (Å²) in [7, 11) is 0. The molecule has 1 amide bonds. The van der Waals surface area contributed by atoms with Crippen LogP contribution in [0.4, 0.5) is 0 Å². The summed E-state index contributed by atoms with van der Waals surface area (Å²) in [5.74, 6) is 4.56. The van der Waals surface area contributed by atoms with Gasteiger partial charge in [-0.25, -0.2) is 4.79 Å². The number of carboxylic acid groups (broad SMARTS) is 1. The maximum Gasteiger partial charge on any atom is 0.326 e. The Morgan fingerprint density at radius 3 is 2.36 bits per heavy atom. The molecular formula is C25H33N5O3. The lowest BCUT2D eigenvalue weighted by Crippen LogP contribution is -2.47. The summed E-state index contributed by atoms with van der Waals surface area (Å²) < 4.78 is 0. The molecule has 0 fully saturated rings. The number of carboxylic acids is 1. The first kappa shape index (κ1) is 25.6. The first-order chi connectivity index (χ1) is 15.8. The second kappa shape index (κ2) is 12.4. The molecule has 8 heteroatoms. The summed E-state index contributed by atoms with van der Waals surface area (Å²) in [6.45, 7) is 9.30. The Bertz CT molecular complexity index is 986. The van der Waals surface area contributed by atoms with Crippen molar-refractivity contribution in [1.29, 1.82) is 0 Å². The van der Waals surface area contributed by atoms with Gasteiger partial charge in [0.05, 0.1) is 0 Å². The molecule has 2 aromatic rings. The van der Waals surface area contributed by atoms with Crippen molar-refractivity contribution < 1.29 is 14.7 Å². The fourth-order valence-electron chi connectivity index (χ4n) is 3.75. The number of carbonyl (C=O) groups excluding carboxylic acids is 1.